The van der Waals surface area contributed by atoms with Crippen molar-refractivity contribution in [2.45, 2.75) is 72.3 Å². The van der Waals surface area contributed by atoms with Crippen LogP contribution >= 0.6 is 0 Å². The molecule has 108 valence electrons. The van der Waals surface area contributed by atoms with Gasteiger partial charge in [0, 0.05) is 13.0 Å². The van der Waals surface area contributed by atoms with Gasteiger partial charge < -0.3 is 5.32 Å². The normalized spacial score (nSPS) is 44.4. The maximum Gasteiger partial charge on any atom is 0.217 e. The quantitative estimate of drug-likeness (QED) is 0.807. The van der Waals surface area contributed by atoms with Crippen LogP contribution in [0, 0.1) is 28.6 Å². The van der Waals surface area contributed by atoms with Crippen LogP contribution in [-0.2, 0) is 4.79 Å². The second-order valence-corrected chi connectivity index (χ2v) is 8.93. The molecule has 0 aromatic rings. The molecule has 4 rings (SSSR count). The molecule has 0 spiro atoms. The van der Waals surface area contributed by atoms with Crippen LogP contribution in [-0.4, -0.2) is 11.9 Å². The Labute approximate surface area is 117 Å². The first-order valence-electron chi connectivity index (χ1n) is 8.03. The summed E-state index contributed by atoms with van der Waals surface area (Å²) in [4.78, 5) is 11.4. The molecule has 0 saturated heterocycles. The second-order valence-electron chi connectivity index (χ2n) is 8.93. The van der Waals surface area contributed by atoms with Crippen molar-refractivity contribution >= 4 is 5.91 Å². The molecule has 2 unspecified atom stereocenters. The lowest BCUT2D eigenvalue weighted by atomic mass is 9.46. The summed E-state index contributed by atoms with van der Waals surface area (Å²) in [7, 11) is 0. The second kappa shape index (κ2) is 4.23. The molecule has 0 aliphatic heterocycles. The van der Waals surface area contributed by atoms with Gasteiger partial charge in [-0.05, 0) is 67.1 Å². The smallest absolute Gasteiger partial charge is 0.217 e. The van der Waals surface area contributed by atoms with Gasteiger partial charge in [0.15, 0.2) is 0 Å². The van der Waals surface area contributed by atoms with E-state index in [0.29, 0.717) is 16.9 Å². The van der Waals surface area contributed by atoms with Crippen molar-refractivity contribution in [1.29, 1.82) is 0 Å². The highest BCUT2D eigenvalue weighted by Gasteiger charge is 2.55. The van der Waals surface area contributed by atoms with E-state index >= 15 is 0 Å². The Bertz CT molecular complexity index is 365. The number of nitrogens with one attached hydrogen (secondary N) is 1. The lowest BCUT2D eigenvalue weighted by Crippen LogP contribution is -2.59. The summed E-state index contributed by atoms with van der Waals surface area (Å²) >= 11 is 0. The van der Waals surface area contributed by atoms with Crippen molar-refractivity contribution in [1.82, 2.24) is 5.32 Å². The molecule has 4 bridgehead atoms. The molecule has 0 heterocycles. The molecule has 4 saturated carbocycles. The van der Waals surface area contributed by atoms with Gasteiger partial charge in [0.2, 0.25) is 5.91 Å². The number of rotatable bonds is 2. The number of hydrogen-bond acceptors (Lipinski definition) is 1. The highest BCUT2D eigenvalue weighted by atomic mass is 16.1. The largest absolute Gasteiger partial charge is 0.353 e. The molecule has 2 heteroatoms. The van der Waals surface area contributed by atoms with Crippen molar-refractivity contribution in [3.63, 3.8) is 0 Å². The van der Waals surface area contributed by atoms with Gasteiger partial charge in [0.05, 0.1) is 0 Å². The number of carbonyl (C=O) groups excluding carboxylic acids is 1. The summed E-state index contributed by atoms with van der Waals surface area (Å²) in [5.74, 6) is 2.64. The summed E-state index contributed by atoms with van der Waals surface area (Å²) in [5.41, 5.74) is 1.04. The van der Waals surface area contributed by atoms with Crippen molar-refractivity contribution in [2.24, 2.45) is 28.6 Å². The van der Waals surface area contributed by atoms with Crippen LogP contribution in [0.4, 0.5) is 0 Å². The Hall–Kier alpha value is -0.530. The van der Waals surface area contributed by atoms with Gasteiger partial charge in [-0.2, -0.15) is 0 Å². The zero-order valence-corrected chi connectivity index (χ0v) is 13.0. The van der Waals surface area contributed by atoms with Crippen molar-refractivity contribution < 1.29 is 4.79 Å². The number of hydrogen-bond donors (Lipinski definition) is 1. The lowest BCUT2D eigenvalue weighted by molar-refractivity contribution is -0.128. The monoisotopic (exact) mass is 263 g/mol. The first-order valence-corrected chi connectivity index (χ1v) is 8.03. The topological polar surface area (TPSA) is 29.1 Å². The molecule has 1 N–H and O–H groups in total. The van der Waals surface area contributed by atoms with Crippen LogP contribution in [0.3, 0.4) is 0 Å². The van der Waals surface area contributed by atoms with E-state index in [4.69, 9.17) is 0 Å². The molecule has 1 amide bonds. The van der Waals surface area contributed by atoms with E-state index in [-0.39, 0.29) is 5.91 Å². The standard InChI is InChI=1S/C17H29NO/c1-11(19)18-15-13-5-12-6-14(15)9-17(7-12,8-13)10-16(2,3)4/h12-15H,5-10H2,1-4H3,(H,18,19). The summed E-state index contributed by atoms with van der Waals surface area (Å²) in [6.45, 7) is 8.83. The van der Waals surface area contributed by atoms with E-state index in [1.54, 1.807) is 6.92 Å². The molecular formula is C17H29NO. The van der Waals surface area contributed by atoms with Gasteiger partial charge >= 0.3 is 0 Å². The molecule has 0 radical (unpaired) electrons. The molecule has 4 aliphatic carbocycles. The Morgan fingerprint density at radius 2 is 1.74 bits per heavy atom. The predicted octanol–water partition coefficient (Wildman–Crippen LogP) is 3.75. The fourth-order valence-corrected chi connectivity index (χ4v) is 6.00. The van der Waals surface area contributed by atoms with Crippen LogP contribution in [0.2, 0.25) is 0 Å². The first kappa shape index (κ1) is 13.5. The Balaban J connectivity index is 1.78. The molecule has 19 heavy (non-hydrogen) atoms. The van der Waals surface area contributed by atoms with Crippen LogP contribution in [0.5, 0.6) is 0 Å². The third-order valence-electron chi connectivity index (χ3n) is 5.68. The molecule has 2 nitrogen and oxygen atoms in total. The van der Waals surface area contributed by atoms with E-state index in [9.17, 15) is 4.79 Å². The van der Waals surface area contributed by atoms with E-state index in [0.717, 1.165) is 17.8 Å². The van der Waals surface area contributed by atoms with Crippen LogP contribution in [0.1, 0.15) is 66.2 Å². The first-order chi connectivity index (χ1) is 8.76. The van der Waals surface area contributed by atoms with Gasteiger partial charge in [-0.15, -0.1) is 0 Å². The molecular weight excluding hydrogens is 234 g/mol. The average Bonchev–Trinajstić information content (AvgIpc) is 2.18. The number of amides is 1. The fraction of sp³-hybridized carbons (Fsp3) is 0.941. The molecule has 4 aliphatic rings. The number of carbonyl (C=O) groups is 1. The van der Waals surface area contributed by atoms with Gasteiger partial charge in [-0.25, -0.2) is 0 Å². The minimum Gasteiger partial charge on any atom is -0.353 e. The van der Waals surface area contributed by atoms with Crippen LogP contribution in [0.25, 0.3) is 0 Å². The van der Waals surface area contributed by atoms with Gasteiger partial charge in [-0.3, -0.25) is 4.79 Å². The summed E-state index contributed by atoms with van der Waals surface area (Å²) in [6.07, 6.45) is 8.30. The summed E-state index contributed by atoms with van der Waals surface area (Å²) < 4.78 is 0. The van der Waals surface area contributed by atoms with Crippen LogP contribution in [0.15, 0.2) is 0 Å². The third-order valence-corrected chi connectivity index (χ3v) is 5.68. The fourth-order valence-electron chi connectivity index (χ4n) is 6.00. The molecule has 0 aromatic heterocycles. The van der Waals surface area contributed by atoms with E-state index < -0.39 is 0 Å². The lowest BCUT2D eigenvalue weighted by Gasteiger charge is -2.61. The van der Waals surface area contributed by atoms with Crippen molar-refractivity contribution in [2.75, 3.05) is 0 Å². The van der Waals surface area contributed by atoms with E-state index in [1.165, 1.54) is 38.5 Å². The van der Waals surface area contributed by atoms with Gasteiger partial charge in [-0.1, -0.05) is 20.8 Å². The Kier molecular flexibility index (Phi) is 3.00. The van der Waals surface area contributed by atoms with Gasteiger partial charge in [0.25, 0.3) is 0 Å². The molecule has 0 aromatic carbocycles. The molecule has 2 atom stereocenters. The average molecular weight is 263 g/mol. The zero-order chi connectivity index (χ0) is 13.8. The highest BCUT2D eigenvalue weighted by molar-refractivity contribution is 5.73. The zero-order valence-electron chi connectivity index (χ0n) is 13.0. The minimum atomic E-state index is 0.169. The van der Waals surface area contributed by atoms with Crippen LogP contribution < -0.4 is 5.32 Å². The Morgan fingerprint density at radius 3 is 2.21 bits per heavy atom. The van der Waals surface area contributed by atoms with E-state index in [2.05, 4.69) is 26.1 Å². The third kappa shape index (κ3) is 2.55. The van der Waals surface area contributed by atoms with Gasteiger partial charge in [0.1, 0.15) is 0 Å². The summed E-state index contributed by atoms with van der Waals surface area (Å²) in [5, 5.41) is 3.27. The maximum atomic E-state index is 11.4. The summed E-state index contributed by atoms with van der Waals surface area (Å²) in [6, 6.07) is 0.488. The van der Waals surface area contributed by atoms with Crippen molar-refractivity contribution in [3.8, 4) is 0 Å². The van der Waals surface area contributed by atoms with Crippen molar-refractivity contribution in [3.05, 3.63) is 0 Å². The predicted molar refractivity (Wildman–Crippen MR) is 77.7 cm³/mol. The molecule has 4 fully saturated rings. The minimum absolute atomic E-state index is 0.169. The SMILES string of the molecule is CC(=O)NC1C2CC3CC1CC(CC(C)(C)C)(C3)C2. The maximum absolute atomic E-state index is 11.4. The highest BCUT2D eigenvalue weighted by Crippen LogP contribution is 2.62. The van der Waals surface area contributed by atoms with E-state index in [1.807, 2.05) is 0 Å². The Morgan fingerprint density at radius 1 is 1.16 bits per heavy atom.